The van der Waals surface area contributed by atoms with Crippen LogP contribution >= 0.6 is 0 Å². The number of aromatic nitrogens is 4. The van der Waals surface area contributed by atoms with Crippen LogP contribution in [0, 0.1) is 0 Å². The summed E-state index contributed by atoms with van der Waals surface area (Å²) in [5, 5.41) is 69.5. The summed E-state index contributed by atoms with van der Waals surface area (Å²) < 4.78 is 10.9. The van der Waals surface area contributed by atoms with Crippen LogP contribution < -0.4 is 19.6 Å². The van der Waals surface area contributed by atoms with Gasteiger partial charge in [-0.15, -0.1) is 0 Å². The molecule has 0 aromatic carbocycles. The molecule has 0 amide bonds. The van der Waals surface area contributed by atoms with E-state index in [4.69, 9.17) is 29.4 Å². The highest BCUT2D eigenvalue weighted by atomic mass is 16.7. The lowest BCUT2D eigenvalue weighted by molar-refractivity contribution is -0.293. The van der Waals surface area contributed by atoms with Gasteiger partial charge >= 0.3 is 5.97 Å². The molecular weight excluding hydrogens is 632 g/mol. The molecule has 3 aliphatic rings. The van der Waals surface area contributed by atoms with Crippen molar-refractivity contribution in [2.45, 2.75) is 69.2 Å². The van der Waals surface area contributed by atoms with Crippen molar-refractivity contribution >= 4 is 40.5 Å². The van der Waals surface area contributed by atoms with Crippen molar-refractivity contribution in [3.8, 4) is 0 Å². The first kappa shape index (κ1) is 36.1. The molecule has 268 valence electrons. The molecule has 5 atom stereocenters. The highest BCUT2D eigenvalue weighted by Gasteiger charge is 2.47. The van der Waals surface area contributed by atoms with Gasteiger partial charge < -0.3 is 64.8 Å². The minimum Gasteiger partial charge on any atom is -0.479 e. The molecule has 0 saturated carbocycles. The van der Waals surface area contributed by atoms with E-state index in [1.165, 1.54) is 0 Å². The Bertz CT molecular complexity index is 1340. The van der Waals surface area contributed by atoms with Crippen LogP contribution in [-0.2, 0) is 14.3 Å². The van der Waals surface area contributed by atoms with Crippen molar-refractivity contribution in [2.24, 2.45) is 0 Å². The Morgan fingerprint density at radius 3 is 1.58 bits per heavy atom. The average molecular weight is 681 g/mol. The van der Waals surface area contributed by atoms with E-state index in [0.29, 0.717) is 28.6 Å². The third kappa shape index (κ3) is 8.14. The van der Waals surface area contributed by atoms with Gasteiger partial charge in [-0.1, -0.05) is 0 Å². The Morgan fingerprint density at radius 1 is 0.688 bits per heavy atom. The predicted octanol–water partition coefficient (Wildman–Crippen LogP) is -2.10. The third-order valence-corrected chi connectivity index (χ3v) is 8.93. The van der Waals surface area contributed by atoms with Crippen LogP contribution in [0.4, 0.5) is 23.5 Å². The highest BCUT2D eigenvalue weighted by Crippen LogP contribution is 2.35. The molecule has 48 heavy (non-hydrogen) atoms. The summed E-state index contributed by atoms with van der Waals surface area (Å²) in [6.45, 7) is 3.02. The molecule has 2 aromatic heterocycles. The van der Waals surface area contributed by atoms with Crippen LogP contribution in [0.5, 0.6) is 0 Å². The van der Waals surface area contributed by atoms with E-state index in [0.717, 1.165) is 64.7 Å². The molecule has 0 unspecified atom stereocenters. The van der Waals surface area contributed by atoms with Crippen molar-refractivity contribution in [3.63, 3.8) is 0 Å². The van der Waals surface area contributed by atoms with Gasteiger partial charge in [0, 0.05) is 52.4 Å². The van der Waals surface area contributed by atoms with Gasteiger partial charge in [-0.05, 0) is 38.5 Å². The average Bonchev–Trinajstić information content (AvgIpc) is 3.10. The third-order valence-electron chi connectivity index (χ3n) is 8.93. The smallest absolute Gasteiger partial charge is 0.335 e. The molecule has 18 nitrogen and oxygen atoms in total. The molecule has 3 fully saturated rings. The number of carboxylic acid groups (broad SMARTS) is 1. The zero-order valence-corrected chi connectivity index (χ0v) is 27.0. The Labute approximate surface area is 278 Å². The zero-order valence-electron chi connectivity index (χ0n) is 27.0. The normalized spacial score (nSPS) is 25.0. The lowest BCUT2D eigenvalue weighted by atomic mass is 9.99. The topological polar surface area (TPSA) is 242 Å². The van der Waals surface area contributed by atoms with Gasteiger partial charge in [0.25, 0.3) is 0 Å². The predicted molar refractivity (Wildman–Crippen MR) is 173 cm³/mol. The van der Waals surface area contributed by atoms with Gasteiger partial charge in [-0.25, -0.2) is 14.8 Å². The zero-order chi connectivity index (χ0) is 34.2. The fraction of sp³-hybridized carbons (Fsp3) is 0.767. The molecule has 3 saturated heterocycles. The number of rotatable bonds is 15. The van der Waals surface area contributed by atoms with Crippen molar-refractivity contribution in [2.75, 3.05) is 98.4 Å². The number of hydrogen-bond donors (Lipinski definition) is 7. The lowest BCUT2D eigenvalue weighted by Gasteiger charge is -2.38. The summed E-state index contributed by atoms with van der Waals surface area (Å²) in [5.41, 5.74) is 1.06. The molecule has 18 heteroatoms. The van der Waals surface area contributed by atoms with E-state index >= 15 is 0 Å². The van der Waals surface area contributed by atoms with Crippen LogP contribution in [0.25, 0.3) is 11.0 Å². The van der Waals surface area contributed by atoms with Gasteiger partial charge in [0.2, 0.25) is 11.9 Å². The number of nitrogens with zero attached hydrogens (tertiary/aromatic N) is 8. The maximum atomic E-state index is 11.5. The Hall–Kier alpha value is -3.23. The van der Waals surface area contributed by atoms with Crippen molar-refractivity contribution in [1.29, 1.82) is 0 Å². The number of fused-ring (bicyclic) bond motifs is 1. The van der Waals surface area contributed by atoms with Gasteiger partial charge in [-0.2, -0.15) is 9.97 Å². The molecule has 2 aromatic rings. The van der Waals surface area contributed by atoms with Crippen molar-refractivity contribution in [3.05, 3.63) is 0 Å². The summed E-state index contributed by atoms with van der Waals surface area (Å²) in [6, 6.07) is 0. The number of aliphatic hydroxyl groups is 6. The molecule has 5 rings (SSSR count). The van der Waals surface area contributed by atoms with E-state index < -0.39 is 36.7 Å². The molecule has 3 aliphatic heterocycles. The summed E-state index contributed by atoms with van der Waals surface area (Å²) >= 11 is 0. The second-order valence-corrected chi connectivity index (χ2v) is 12.2. The van der Waals surface area contributed by atoms with Crippen LogP contribution in [0.2, 0.25) is 0 Å². The van der Waals surface area contributed by atoms with Crippen molar-refractivity contribution in [1.82, 2.24) is 19.9 Å². The summed E-state index contributed by atoms with van der Waals surface area (Å²) in [4.78, 5) is 39.1. The molecule has 7 N–H and O–H groups in total. The quantitative estimate of drug-likeness (QED) is 0.107. The standard InChI is InChI=1S/C30H48N8O10/c39-15-11-37(12-16-40)29-31-19-20(25(33-29)35-7-3-1-4-8-35)32-30(34-26(19)36-9-5-2-6-10-36)38(13-17-41)14-18-47-28-23(44)21(42)22(43)24(48-28)27(45)46/h21-24,28,39-44H,1-18H2,(H,45,46)/t21-,22-,23-,24+,28+/m1/s1. The molecule has 0 radical (unpaired) electrons. The van der Waals surface area contributed by atoms with Gasteiger partial charge in [0.05, 0.1) is 26.4 Å². The minimum atomic E-state index is -1.83. The fourth-order valence-electron chi connectivity index (χ4n) is 6.35. The number of carbonyl (C=O) groups is 1. The fourth-order valence-corrected chi connectivity index (χ4v) is 6.35. The minimum absolute atomic E-state index is 0.0905. The van der Waals surface area contributed by atoms with E-state index in [1.54, 1.807) is 9.80 Å². The first-order chi connectivity index (χ1) is 23.3. The van der Waals surface area contributed by atoms with Gasteiger partial charge in [0.1, 0.15) is 29.3 Å². The van der Waals surface area contributed by atoms with E-state index in [1.807, 2.05) is 0 Å². The number of aliphatic hydroxyl groups excluding tert-OH is 6. The van der Waals surface area contributed by atoms with Crippen LogP contribution in [0.1, 0.15) is 38.5 Å². The van der Waals surface area contributed by atoms with Gasteiger partial charge in [0.15, 0.2) is 24.0 Å². The monoisotopic (exact) mass is 680 g/mol. The number of ether oxygens (including phenoxy) is 2. The molecule has 5 heterocycles. The second kappa shape index (κ2) is 16.9. The summed E-state index contributed by atoms with van der Waals surface area (Å²) in [5.74, 6) is 0.343. The number of hydrogen-bond acceptors (Lipinski definition) is 17. The van der Waals surface area contributed by atoms with Gasteiger partial charge in [-0.3, -0.25) is 0 Å². The van der Waals surface area contributed by atoms with E-state index in [-0.39, 0.29) is 58.6 Å². The van der Waals surface area contributed by atoms with Crippen LogP contribution in [0.15, 0.2) is 0 Å². The number of piperidine rings is 2. The first-order valence-corrected chi connectivity index (χ1v) is 16.7. The Balaban J connectivity index is 1.52. The second-order valence-electron chi connectivity index (χ2n) is 12.2. The number of anilines is 4. The lowest BCUT2D eigenvalue weighted by Crippen LogP contribution is -2.60. The van der Waals surface area contributed by atoms with Crippen LogP contribution in [-0.4, -0.2) is 171 Å². The highest BCUT2D eigenvalue weighted by molar-refractivity contribution is 5.95. The number of carboxylic acids is 1. The number of aliphatic carboxylic acids is 1. The molecule has 0 bridgehead atoms. The van der Waals surface area contributed by atoms with E-state index in [2.05, 4.69) is 9.80 Å². The maximum Gasteiger partial charge on any atom is 0.335 e. The SMILES string of the molecule is O=C(O)[C@H]1O[C@H](OCCN(CCO)c2nc(N3CCCCC3)c3nc(N(CCO)CCO)nc(N4CCCCC4)c3n2)[C@H](O)[C@H](O)[C@H]1O. The first-order valence-electron chi connectivity index (χ1n) is 16.7. The maximum absolute atomic E-state index is 11.5. The summed E-state index contributed by atoms with van der Waals surface area (Å²) in [6.07, 6.45) is -2.57. The molecular formula is C30H48N8O10. The molecule has 0 aliphatic carbocycles. The van der Waals surface area contributed by atoms with Crippen molar-refractivity contribution < 1.29 is 50.0 Å². The Morgan fingerprint density at radius 2 is 1.15 bits per heavy atom. The largest absolute Gasteiger partial charge is 0.479 e. The Kier molecular flexibility index (Phi) is 12.7. The van der Waals surface area contributed by atoms with E-state index in [9.17, 15) is 40.5 Å². The molecule has 0 spiro atoms. The van der Waals surface area contributed by atoms with Crippen LogP contribution in [0.3, 0.4) is 0 Å². The summed E-state index contributed by atoms with van der Waals surface area (Å²) in [7, 11) is 0.